The number of amides is 1. The number of benzene rings is 2. The number of aromatic nitrogens is 4. The van der Waals surface area contributed by atoms with Crippen LogP contribution in [0.4, 0.5) is 0 Å². The van der Waals surface area contributed by atoms with Crippen molar-refractivity contribution in [2.75, 3.05) is 0 Å². The van der Waals surface area contributed by atoms with Crippen molar-refractivity contribution in [3.8, 4) is 0 Å². The minimum Gasteiger partial charge on any atom is -0.349 e. The molecule has 0 aliphatic heterocycles. The Morgan fingerprint density at radius 3 is 2.52 bits per heavy atom. The summed E-state index contributed by atoms with van der Waals surface area (Å²) in [6.07, 6.45) is 3.01. The summed E-state index contributed by atoms with van der Waals surface area (Å²) in [4.78, 5) is 26.0. The number of hydrogen-bond acceptors (Lipinski definition) is 5. The van der Waals surface area contributed by atoms with Crippen molar-refractivity contribution in [3.63, 3.8) is 0 Å². The zero-order valence-corrected chi connectivity index (χ0v) is 20.0. The summed E-state index contributed by atoms with van der Waals surface area (Å²) in [5, 5.41) is 12.6. The second-order valence-corrected chi connectivity index (χ2v) is 9.51. The molecule has 8 heteroatoms. The predicted molar refractivity (Wildman–Crippen MR) is 133 cm³/mol. The van der Waals surface area contributed by atoms with Gasteiger partial charge in [-0.2, -0.15) is 0 Å². The van der Waals surface area contributed by atoms with Crippen LogP contribution in [0.15, 0.2) is 64.5 Å². The minimum absolute atomic E-state index is 0.0550. The van der Waals surface area contributed by atoms with Crippen LogP contribution < -0.4 is 10.9 Å². The number of rotatable bonds is 9. The molecule has 0 aliphatic rings. The molecule has 1 N–H and O–H groups in total. The van der Waals surface area contributed by atoms with Gasteiger partial charge >= 0.3 is 0 Å². The number of para-hydroxylation sites is 1. The zero-order chi connectivity index (χ0) is 23.4. The highest BCUT2D eigenvalue weighted by atomic mass is 32.2. The summed E-state index contributed by atoms with van der Waals surface area (Å²) in [5.74, 6) is 0.441. The maximum absolute atomic E-state index is 13.1. The van der Waals surface area contributed by atoms with E-state index in [9.17, 15) is 9.59 Å². The third-order valence-electron chi connectivity index (χ3n) is 5.77. The standard InChI is InChI=1S/C25H29N5O2S/c1-4-5-11-16-29-23(32)20-14-9-10-15-21(20)30-24(29)27-28-25(30)33-18(3)22(31)26-17(2)19-12-7-6-8-13-19/h6-10,12-15,17-18H,4-5,11,16H2,1-3H3,(H,26,31). The first kappa shape index (κ1) is 23.0. The van der Waals surface area contributed by atoms with Crippen LogP contribution >= 0.6 is 11.8 Å². The van der Waals surface area contributed by atoms with Gasteiger partial charge in [-0.05, 0) is 38.0 Å². The third kappa shape index (κ3) is 4.80. The summed E-state index contributed by atoms with van der Waals surface area (Å²) in [7, 11) is 0. The zero-order valence-electron chi connectivity index (χ0n) is 19.2. The molecule has 1 amide bonds. The van der Waals surface area contributed by atoms with Crippen LogP contribution in [0.2, 0.25) is 0 Å². The summed E-state index contributed by atoms with van der Waals surface area (Å²) in [6.45, 7) is 6.56. The van der Waals surface area contributed by atoms with Crippen LogP contribution in [-0.2, 0) is 11.3 Å². The number of hydrogen-bond donors (Lipinski definition) is 1. The molecule has 2 aromatic carbocycles. The molecule has 2 unspecified atom stereocenters. The van der Waals surface area contributed by atoms with Gasteiger partial charge in [0.15, 0.2) is 5.16 Å². The van der Waals surface area contributed by atoms with Crippen molar-refractivity contribution in [2.24, 2.45) is 0 Å². The molecule has 7 nitrogen and oxygen atoms in total. The Balaban J connectivity index is 1.64. The maximum Gasteiger partial charge on any atom is 0.262 e. The molecule has 4 rings (SSSR count). The fraction of sp³-hybridized carbons (Fsp3) is 0.360. The van der Waals surface area contributed by atoms with Gasteiger partial charge in [-0.25, -0.2) is 0 Å². The molecule has 0 saturated carbocycles. The number of unbranched alkanes of at least 4 members (excludes halogenated alkanes) is 2. The van der Waals surface area contributed by atoms with Crippen molar-refractivity contribution in [1.29, 1.82) is 0 Å². The molecular weight excluding hydrogens is 434 g/mol. The average Bonchev–Trinajstić information content (AvgIpc) is 3.25. The van der Waals surface area contributed by atoms with Gasteiger partial charge in [0.05, 0.1) is 22.2 Å². The molecule has 0 bridgehead atoms. The smallest absolute Gasteiger partial charge is 0.262 e. The summed E-state index contributed by atoms with van der Waals surface area (Å²) in [6, 6.07) is 17.3. The van der Waals surface area contributed by atoms with E-state index in [0.29, 0.717) is 22.9 Å². The Labute approximate surface area is 197 Å². The minimum atomic E-state index is -0.386. The molecule has 0 spiro atoms. The number of carbonyl (C=O) groups is 1. The van der Waals surface area contributed by atoms with Gasteiger partial charge in [-0.1, -0.05) is 74.0 Å². The third-order valence-corrected chi connectivity index (χ3v) is 6.82. The molecule has 0 saturated heterocycles. The molecule has 172 valence electrons. The molecule has 0 fully saturated rings. The Morgan fingerprint density at radius 2 is 1.76 bits per heavy atom. The highest BCUT2D eigenvalue weighted by Gasteiger charge is 2.22. The first-order valence-corrected chi connectivity index (χ1v) is 12.3. The van der Waals surface area contributed by atoms with Crippen LogP contribution in [0.3, 0.4) is 0 Å². The Hall–Kier alpha value is -3.13. The van der Waals surface area contributed by atoms with Gasteiger partial charge in [-0.3, -0.25) is 18.6 Å². The van der Waals surface area contributed by atoms with Crippen LogP contribution in [0.1, 0.15) is 51.6 Å². The number of nitrogens with zero attached hydrogens (tertiary/aromatic N) is 4. The van der Waals surface area contributed by atoms with E-state index in [4.69, 9.17) is 0 Å². The summed E-state index contributed by atoms with van der Waals surface area (Å²) in [5.41, 5.74) is 1.75. The molecule has 0 aliphatic carbocycles. The Kier molecular flexibility index (Phi) is 7.13. The van der Waals surface area contributed by atoms with E-state index in [1.54, 1.807) is 4.57 Å². The SMILES string of the molecule is CCCCCn1c(=O)c2ccccc2n2c(SC(C)C(=O)NC(C)c3ccccc3)nnc12. The summed E-state index contributed by atoms with van der Waals surface area (Å²) < 4.78 is 3.61. The molecule has 2 heterocycles. The highest BCUT2D eigenvalue weighted by Crippen LogP contribution is 2.26. The van der Waals surface area contributed by atoms with Gasteiger partial charge in [-0.15, -0.1) is 10.2 Å². The van der Waals surface area contributed by atoms with Crippen LogP contribution in [0.5, 0.6) is 0 Å². The van der Waals surface area contributed by atoms with Crippen molar-refractivity contribution in [1.82, 2.24) is 24.5 Å². The number of carbonyl (C=O) groups excluding carboxylic acids is 1. The van der Waals surface area contributed by atoms with E-state index in [0.717, 1.165) is 30.3 Å². The first-order valence-electron chi connectivity index (χ1n) is 11.4. The van der Waals surface area contributed by atoms with Crippen LogP contribution in [0, 0.1) is 0 Å². The lowest BCUT2D eigenvalue weighted by atomic mass is 10.1. The Morgan fingerprint density at radius 1 is 1.03 bits per heavy atom. The molecular formula is C25H29N5O2S. The quantitative estimate of drug-likeness (QED) is 0.290. The van der Waals surface area contributed by atoms with Gasteiger partial charge in [0.2, 0.25) is 11.7 Å². The molecule has 4 aromatic rings. The first-order chi connectivity index (χ1) is 16.0. The van der Waals surface area contributed by atoms with Gasteiger partial charge in [0.1, 0.15) is 0 Å². The van der Waals surface area contributed by atoms with Gasteiger partial charge in [0, 0.05) is 6.54 Å². The number of aryl methyl sites for hydroxylation is 1. The van der Waals surface area contributed by atoms with Crippen molar-refractivity contribution in [3.05, 3.63) is 70.5 Å². The van der Waals surface area contributed by atoms with Crippen molar-refractivity contribution in [2.45, 2.75) is 63.0 Å². The topological polar surface area (TPSA) is 81.3 Å². The van der Waals surface area contributed by atoms with Crippen LogP contribution in [-0.4, -0.2) is 30.3 Å². The Bertz CT molecular complexity index is 1320. The average molecular weight is 464 g/mol. The largest absolute Gasteiger partial charge is 0.349 e. The highest BCUT2D eigenvalue weighted by molar-refractivity contribution is 8.00. The molecule has 33 heavy (non-hydrogen) atoms. The van der Waals surface area contributed by atoms with E-state index in [1.807, 2.05) is 72.8 Å². The second kappa shape index (κ2) is 10.2. The summed E-state index contributed by atoms with van der Waals surface area (Å²) >= 11 is 1.34. The van der Waals surface area contributed by atoms with Crippen LogP contribution in [0.25, 0.3) is 16.7 Å². The molecule has 2 aromatic heterocycles. The van der Waals surface area contributed by atoms with Crippen molar-refractivity contribution >= 4 is 34.3 Å². The number of thioether (sulfide) groups is 1. The van der Waals surface area contributed by atoms with Gasteiger partial charge in [0.25, 0.3) is 5.56 Å². The van der Waals surface area contributed by atoms with Gasteiger partial charge < -0.3 is 5.32 Å². The maximum atomic E-state index is 13.1. The number of fused-ring (bicyclic) bond motifs is 3. The van der Waals surface area contributed by atoms with E-state index >= 15 is 0 Å². The number of nitrogens with one attached hydrogen (secondary N) is 1. The lowest BCUT2D eigenvalue weighted by molar-refractivity contribution is -0.120. The van der Waals surface area contributed by atoms with E-state index in [2.05, 4.69) is 22.4 Å². The normalized spacial score (nSPS) is 13.3. The molecule has 2 atom stereocenters. The lowest BCUT2D eigenvalue weighted by Gasteiger charge is -2.17. The lowest BCUT2D eigenvalue weighted by Crippen LogP contribution is -2.33. The van der Waals surface area contributed by atoms with Crippen molar-refractivity contribution < 1.29 is 4.79 Å². The van der Waals surface area contributed by atoms with E-state index < -0.39 is 0 Å². The monoisotopic (exact) mass is 463 g/mol. The second-order valence-electron chi connectivity index (χ2n) is 8.20. The fourth-order valence-corrected chi connectivity index (χ4v) is 4.76. The van der Waals surface area contributed by atoms with E-state index in [-0.39, 0.29) is 22.8 Å². The fourth-order valence-electron chi connectivity index (χ4n) is 3.90. The predicted octanol–water partition coefficient (Wildman–Crippen LogP) is 4.59. The molecule has 0 radical (unpaired) electrons. The van der Waals surface area contributed by atoms with E-state index in [1.165, 1.54) is 11.8 Å².